The van der Waals surface area contributed by atoms with E-state index in [9.17, 15) is 0 Å². The molecule has 0 aromatic heterocycles. The van der Waals surface area contributed by atoms with E-state index in [0.29, 0.717) is 5.92 Å². The largest absolute Gasteiger partial charge is 0.411 e. The zero-order valence-corrected chi connectivity index (χ0v) is 14.3. The van der Waals surface area contributed by atoms with Gasteiger partial charge in [0.15, 0.2) is 0 Å². The average molecular weight is 341 g/mol. The summed E-state index contributed by atoms with van der Waals surface area (Å²) in [6.45, 7) is 3.89. The zero-order valence-electron chi connectivity index (χ0n) is 14.3. The Morgan fingerprint density at radius 2 is 1.24 bits per heavy atom. The first-order valence-electron chi connectivity index (χ1n) is 7.38. The zero-order chi connectivity index (χ0) is 19.3. The molecule has 0 fully saturated rings. The molecule has 0 aliphatic heterocycles. The van der Waals surface area contributed by atoms with E-state index >= 15 is 0 Å². The second-order valence-corrected chi connectivity index (χ2v) is 4.86. The Hall–Kier alpha value is -3.33. The van der Waals surface area contributed by atoms with Gasteiger partial charge in [0.1, 0.15) is 0 Å². The first-order valence-corrected chi connectivity index (χ1v) is 7.38. The molecule has 3 N–H and O–H groups in total. The Bertz CT molecular complexity index is 580. The number of hydrogen-bond donors (Lipinski definition) is 3. The molecule has 0 saturated carbocycles. The first kappa shape index (κ1) is 23.9. The normalized spacial score (nSPS) is 8.44. The summed E-state index contributed by atoms with van der Waals surface area (Å²) in [6, 6.07) is 21.1. The summed E-state index contributed by atoms with van der Waals surface area (Å²) < 4.78 is 0. The molecule has 0 bridgehead atoms. The van der Waals surface area contributed by atoms with Gasteiger partial charge in [-0.25, -0.2) is 20.4 Å². The highest BCUT2D eigenvalue weighted by molar-refractivity contribution is 5.58. The highest BCUT2D eigenvalue weighted by atomic mass is 16.4. The van der Waals surface area contributed by atoms with Crippen LogP contribution in [0.25, 0.3) is 0 Å². The minimum absolute atomic E-state index is 0.356. The van der Waals surface area contributed by atoms with Gasteiger partial charge in [0.2, 0.25) is 12.2 Å². The fraction of sp³-hybridized carbons (Fsp3) is 0.211. The maximum absolute atomic E-state index is 8.35. The van der Waals surface area contributed by atoms with Crippen LogP contribution in [0.3, 0.4) is 0 Å². The number of oxime groups is 1. The molecule has 0 heterocycles. The van der Waals surface area contributed by atoms with Gasteiger partial charge in [0.25, 0.3) is 0 Å². The van der Waals surface area contributed by atoms with Gasteiger partial charge in [0.05, 0.1) is 0 Å². The molecule has 0 unspecified atom stereocenters. The molecule has 0 aliphatic rings. The number of hydrogen-bond acceptors (Lipinski definition) is 6. The molecule has 0 amide bonds. The average Bonchev–Trinajstić information content (AvgIpc) is 2.59. The van der Waals surface area contributed by atoms with Crippen molar-refractivity contribution in [3.63, 3.8) is 0 Å². The molecular formula is C19H23N3O3. The van der Waals surface area contributed by atoms with Crippen molar-refractivity contribution in [2.24, 2.45) is 11.1 Å². The van der Waals surface area contributed by atoms with E-state index in [1.165, 1.54) is 17.3 Å². The molecule has 6 heteroatoms. The van der Waals surface area contributed by atoms with Gasteiger partial charge in [-0.05, 0) is 23.5 Å². The van der Waals surface area contributed by atoms with Crippen LogP contribution in [0, 0.1) is 16.7 Å². The lowest BCUT2D eigenvalue weighted by Crippen LogP contribution is -1.85. The van der Waals surface area contributed by atoms with Gasteiger partial charge >= 0.3 is 0 Å². The molecule has 2 rings (SSSR count). The molecule has 25 heavy (non-hydrogen) atoms. The Kier molecular flexibility index (Phi) is 17.9. The number of carbonyl (C=O) groups excluding carboxylic acids is 2. The van der Waals surface area contributed by atoms with Crippen molar-refractivity contribution in [2.45, 2.75) is 20.3 Å². The van der Waals surface area contributed by atoms with E-state index in [-0.39, 0.29) is 0 Å². The van der Waals surface area contributed by atoms with Crippen molar-refractivity contribution in [2.75, 3.05) is 0 Å². The van der Waals surface area contributed by atoms with E-state index in [1.54, 1.807) is 0 Å². The summed E-state index contributed by atoms with van der Waals surface area (Å²) >= 11 is 0. The molecule has 0 radical (unpaired) electrons. The molecule has 0 spiro atoms. The number of benzene rings is 2. The van der Waals surface area contributed by atoms with Crippen LogP contribution < -0.4 is 0 Å². The Balaban J connectivity index is 0. The predicted molar refractivity (Wildman–Crippen MR) is 97.6 cm³/mol. The third-order valence-corrected chi connectivity index (χ3v) is 2.46. The van der Waals surface area contributed by atoms with Gasteiger partial charge in [-0.15, -0.1) is 5.16 Å². The Morgan fingerprint density at radius 1 is 0.920 bits per heavy atom. The lowest BCUT2D eigenvalue weighted by molar-refractivity contribution is 0.319. The van der Waals surface area contributed by atoms with Crippen molar-refractivity contribution < 1.29 is 14.8 Å². The van der Waals surface area contributed by atoms with Crippen LogP contribution in [0.2, 0.25) is 0 Å². The third kappa shape index (κ3) is 18.6. The van der Waals surface area contributed by atoms with Gasteiger partial charge in [-0.3, -0.25) is 0 Å². The topological polar surface area (TPSA) is 114 Å². The van der Waals surface area contributed by atoms with E-state index in [1.807, 2.05) is 13.8 Å². The summed E-state index contributed by atoms with van der Waals surface area (Å²) in [7, 11) is 0. The van der Waals surface area contributed by atoms with Crippen LogP contribution >= 0.6 is 0 Å². The van der Waals surface area contributed by atoms with Gasteiger partial charge < -0.3 is 5.21 Å². The highest BCUT2D eigenvalue weighted by Crippen LogP contribution is 2.07. The standard InChI is InChI=1S/C13H12.C4H9NO.2CHNO/c1-3-7-12(8-4-1)11-13-9-5-2-6-10-13;1-4(2)3-5-6;2*2-1-3/h1-10H,11H2;3-4,6H,1-2H3;2*2H. The maximum atomic E-state index is 8.35. The second kappa shape index (κ2) is 18.7. The monoisotopic (exact) mass is 341 g/mol. The smallest absolute Gasteiger partial charge is 0.231 e. The van der Waals surface area contributed by atoms with Crippen molar-refractivity contribution >= 4 is 18.4 Å². The molecular weight excluding hydrogens is 318 g/mol. The van der Waals surface area contributed by atoms with E-state index in [4.69, 9.17) is 25.6 Å². The highest BCUT2D eigenvalue weighted by Gasteiger charge is 1.92. The van der Waals surface area contributed by atoms with Crippen LogP contribution in [0.15, 0.2) is 65.8 Å². The van der Waals surface area contributed by atoms with Crippen molar-refractivity contribution in [3.8, 4) is 0 Å². The van der Waals surface area contributed by atoms with Crippen LogP contribution in [0.4, 0.5) is 0 Å². The van der Waals surface area contributed by atoms with Crippen molar-refractivity contribution in [3.05, 3.63) is 71.8 Å². The summed E-state index contributed by atoms with van der Waals surface area (Å²) in [5.74, 6) is 0.356. The fourth-order valence-electron chi connectivity index (χ4n) is 1.56. The van der Waals surface area contributed by atoms with Gasteiger partial charge in [-0.2, -0.15) is 0 Å². The second-order valence-electron chi connectivity index (χ2n) is 4.86. The maximum Gasteiger partial charge on any atom is 0.231 e. The Labute approximate surface area is 147 Å². The summed E-state index contributed by atoms with van der Waals surface area (Å²) in [5.41, 5.74) is 2.74. The van der Waals surface area contributed by atoms with Crippen LogP contribution in [0.5, 0.6) is 0 Å². The number of isocyanates is 2. The van der Waals surface area contributed by atoms with Gasteiger partial charge in [-0.1, -0.05) is 74.5 Å². The lowest BCUT2D eigenvalue weighted by atomic mass is 10.1. The van der Waals surface area contributed by atoms with E-state index < -0.39 is 0 Å². The molecule has 2 aromatic rings. The molecule has 6 nitrogen and oxygen atoms in total. The van der Waals surface area contributed by atoms with E-state index in [2.05, 4.69) is 65.8 Å². The number of nitrogens with one attached hydrogen (secondary N) is 2. The quantitative estimate of drug-likeness (QED) is 0.336. The molecule has 2 aromatic carbocycles. The predicted octanol–water partition coefficient (Wildman–Crippen LogP) is 4.18. The molecule has 0 saturated heterocycles. The summed E-state index contributed by atoms with van der Waals surface area (Å²) in [4.78, 5) is 16.7. The van der Waals surface area contributed by atoms with Crippen LogP contribution in [-0.4, -0.2) is 23.6 Å². The third-order valence-electron chi connectivity index (χ3n) is 2.46. The van der Waals surface area contributed by atoms with Crippen LogP contribution in [0.1, 0.15) is 25.0 Å². The summed E-state index contributed by atoms with van der Waals surface area (Å²) in [6.07, 6.45) is 4.00. The first-order chi connectivity index (χ1) is 12.0. The molecule has 132 valence electrons. The summed E-state index contributed by atoms with van der Waals surface area (Å²) in [5, 5.41) is 21.4. The van der Waals surface area contributed by atoms with Crippen molar-refractivity contribution in [1.82, 2.24) is 0 Å². The van der Waals surface area contributed by atoms with Gasteiger partial charge in [0, 0.05) is 6.21 Å². The minimum Gasteiger partial charge on any atom is -0.411 e. The number of nitrogens with zero attached hydrogens (tertiary/aromatic N) is 1. The van der Waals surface area contributed by atoms with Crippen molar-refractivity contribution in [1.29, 1.82) is 10.8 Å². The minimum atomic E-state index is 0.356. The van der Waals surface area contributed by atoms with E-state index in [0.717, 1.165) is 18.6 Å². The molecule has 0 aliphatic carbocycles. The SMILES string of the molecule is CC(C)C=NO.N=C=O.N=C=O.c1ccc(Cc2ccccc2)cc1. The number of rotatable bonds is 3. The fourth-order valence-corrected chi connectivity index (χ4v) is 1.56. The Morgan fingerprint density at radius 3 is 1.44 bits per heavy atom. The van der Waals surface area contributed by atoms with Crippen LogP contribution in [-0.2, 0) is 16.0 Å². The lowest BCUT2D eigenvalue weighted by Gasteiger charge is -2.00. The molecule has 0 atom stereocenters.